The van der Waals surface area contributed by atoms with Crippen LogP contribution >= 0.6 is 0 Å². The Labute approximate surface area is 200 Å². The summed E-state index contributed by atoms with van der Waals surface area (Å²) in [6.45, 7) is 7.72. The second kappa shape index (κ2) is 10.4. The maximum Gasteiger partial charge on any atom is 0.261 e. The molecule has 1 saturated heterocycles. The zero-order valence-corrected chi connectivity index (χ0v) is 20.2. The average Bonchev–Trinajstić information content (AvgIpc) is 2.81. The molecule has 0 bridgehead atoms. The van der Waals surface area contributed by atoms with Gasteiger partial charge < -0.3 is 10.1 Å². The van der Waals surface area contributed by atoms with E-state index in [0.717, 1.165) is 44.0 Å². The van der Waals surface area contributed by atoms with Gasteiger partial charge in [-0.1, -0.05) is 35.9 Å². The predicted octanol–water partition coefficient (Wildman–Crippen LogP) is 4.19. The quantitative estimate of drug-likeness (QED) is 0.531. The van der Waals surface area contributed by atoms with Crippen molar-refractivity contribution in [2.45, 2.75) is 25.3 Å². The van der Waals surface area contributed by atoms with Gasteiger partial charge in [-0.3, -0.25) is 14.4 Å². The highest BCUT2D eigenvalue weighted by Gasteiger charge is 2.19. The molecule has 4 rings (SSSR count). The summed E-state index contributed by atoms with van der Waals surface area (Å²) in [7, 11) is -3.84. The number of carbonyl (C=O) groups excluding carboxylic acids is 1. The topological polar surface area (TPSA) is 87.7 Å². The van der Waals surface area contributed by atoms with Gasteiger partial charge in [0, 0.05) is 36.6 Å². The smallest absolute Gasteiger partial charge is 0.261 e. The minimum absolute atomic E-state index is 0.0323. The van der Waals surface area contributed by atoms with Crippen LogP contribution in [0.5, 0.6) is 0 Å². The molecule has 3 aromatic carbocycles. The van der Waals surface area contributed by atoms with Crippen LogP contribution in [0.3, 0.4) is 0 Å². The minimum atomic E-state index is -3.84. The Hall–Kier alpha value is -3.20. The van der Waals surface area contributed by atoms with Crippen LogP contribution in [0.25, 0.3) is 0 Å². The maximum absolute atomic E-state index is 13.1. The maximum atomic E-state index is 13.1. The monoisotopic (exact) mass is 479 g/mol. The van der Waals surface area contributed by atoms with Gasteiger partial charge in [-0.2, -0.15) is 0 Å². The number of nitrogens with zero attached hydrogens (tertiary/aromatic N) is 1. The second-order valence-electron chi connectivity index (χ2n) is 8.49. The van der Waals surface area contributed by atoms with Crippen molar-refractivity contribution in [1.82, 2.24) is 4.90 Å². The van der Waals surface area contributed by atoms with E-state index >= 15 is 0 Å². The Balaban J connectivity index is 1.49. The van der Waals surface area contributed by atoms with E-state index in [0.29, 0.717) is 22.5 Å². The van der Waals surface area contributed by atoms with E-state index in [-0.39, 0.29) is 10.8 Å². The first-order chi connectivity index (χ1) is 16.3. The largest absolute Gasteiger partial charge is 0.379 e. The first kappa shape index (κ1) is 23.9. The number of carbonyl (C=O) groups is 1. The van der Waals surface area contributed by atoms with Crippen molar-refractivity contribution in [2.75, 3.05) is 36.3 Å². The molecule has 1 aliphatic heterocycles. The van der Waals surface area contributed by atoms with Gasteiger partial charge in [0.1, 0.15) is 0 Å². The molecular formula is C26H29N3O4S. The number of hydrogen-bond acceptors (Lipinski definition) is 5. The van der Waals surface area contributed by atoms with E-state index in [1.54, 1.807) is 25.1 Å². The Kier molecular flexibility index (Phi) is 7.31. The molecule has 0 radical (unpaired) electrons. The third-order valence-corrected chi connectivity index (χ3v) is 7.14. The molecule has 3 aromatic rings. The summed E-state index contributed by atoms with van der Waals surface area (Å²) in [6, 6.07) is 19.4. The number of morpholine rings is 1. The summed E-state index contributed by atoms with van der Waals surface area (Å²) in [6.07, 6.45) is 0. The molecule has 1 fully saturated rings. The van der Waals surface area contributed by atoms with Gasteiger partial charge in [-0.15, -0.1) is 0 Å². The minimum Gasteiger partial charge on any atom is -0.379 e. The Morgan fingerprint density at radius 1 is 0.941 bits per heavy atom. The number of hydrogen-bond donors (Lipinski definition) is 2. The molecule has 8 heteroatoms. The highest BCUT2D eigenvalue weighted by atomic mass is 32.2. The van der Waals surface area contributed by atoms with Crippen molar-refractivity contribution in [3.63, 3.8) is 0 Å². The molecular weight excluding hydrogens is 450 g/mol. The molecule has 0 saturated carbocycles. The van der Waals surface area contributed by atoms with Crippen LogP contribution in [-0.4, -0.2) is 45.5 Å². The Morgan fingerprint density at radius 2 is 1.68 bits per heavy atom. The fraction of sp³-hybridized carbons (Fsp3) is 0.269. The number of ether oxygens (including phenoxy) is 1. The molecule has 178 valence electrons. The van der Waals surface area contributed by atoms with Crippen molar-refractivity contribution in [3.05, 3.63) is 89.0 Å². The summed E-state index contributed by atoms with van der Waals surface area (Å²) in [5.74, 6) is -0.353. The lowest BCUT2D eigenvalue weighted by Gasteiger charge is -2.26. The van der Waals surface area contributed by atoms with E-state index in [2.05, 4.69) is 14.9 Å². The molecule has 0 spiro atoms. The number of amides is 1. The Morgan fingerprint density at radius 3 is 2.41 bits per heavy atom. The van der Waals surface area contributed by atoms with Gasteiger partial charge in [-0.05, 0) is 61.4 Å². The number of nitrogens with one attached hydrogen (secondary N) is 2. The third kappa shape index (κ3) is 6.02. The highest BCUT2D eigenvalue weighted by molar-refractivity contribution is 7.92. The molecule has 7 nitrogen and oxygen atoms in total. The van der Waals surface area contributed by atoms with E-state index in [4.69, 9.17) is 4.74 Å². The van der Waals surface area contributed by atoms with Crippen LogP contribution in [0.2, 0.25) is 0 Å². The predicted molar refractivity (Wildman–Crippen MR) is 134 cm³/mol. The van der Waals surface area contributed by atoms with Gasteiger partial charge in [0.15, 0.2) is 0 Å². The van der Waals surface area contributed by atoms with E-state index in [1.165, 1.54) is 12.1 Å². The van der Waals surface area contributed by atoms with Gasteiger partial charge in [-0.25, -0.2) is 8.42 Å². The molecule has 1 amide bonds. The average molecular weight is 480 g/mol. The lowest BCUT2D eigenvalue weighted by atomic mass is 10.1. The van der Waals surface area contributed by atoms with Crippen molar-refractivity contribution < 1.29 is 17.9 Å². The standard InChI is InChI=1S/C26H29N3O4S/c1-19-6-9-22(10-7-19)28-34(31,32)24-11-8-20(2)25(17-24)26(30)27-23-5-3-4-21(16-23)18-29-12-14-33-15-13-29/h3-11,16-17,28H,12-15,18H2,1-2H3,(H,27,30). The van der Waals surface area contributed by atoms with Crippen LogP contribution in [0, 0.1) is 13.8 Å². The molecule has 0 atom stereocenters. The number of rotatable bonds is 7. The summed E-state index contributed by atoms with van der Waals surface area (Å²) in [5, 5.41) is 2.91. The van der Waals surface area contributed by atoms with Crippen molar-refractivity contribution in [1.29, 1.82) is 0 Å². The van der Waals surface area contributed by atoms with Gasteiger partial charge in [0.05, 0.1) is 18.1 Å². The third-order valence-electron chi connectivity index (χ3n) is 5.76. The summed E-state index contributed by atoms with van der Waals surface area (Å²) >= 11 is 0. The van der Waals surface area contributed by atoms with E-state index in [1.807, 2.05) is 43.3 Å². The van der Waals surface area contributed by atoms with Crippen LogP contribution in [0.1, 0.15) is 27.0 Å². The molecule has 1 heterocycles. The molecule has 2 N–H and O–H groups in total. The van der Waals surface area contributed by atoms with Crippen molar-refractivity contribution in [3.8, 4) is 0 Å². The lowest BCUT2D eigenvalue weighted by Crippen LogP contribution is -2.35. The molecule has 1 aliphatic rings. The number of anilines is 2. The van der Waals surface area contributed by atoms with Gasteiger partial charge in [0.2, 0.25) is 0 Å². The molecule has 0 aromatic heterocycles. The van der Waals surface area contributed by atoms with Crippen molar-refractivity contribution >= 4 is 27.3 Å². The summed E-state index contributed by atoms with van der Waals surface area (Å²) in [5.41, 5.74) is 4.26. The second-order valence-corrected chi connectivity index (χ2v) is 10.2. The number of benzene rings is 3. The Bertz CT molecular complexity index is 1270. The normalized spacial score (nSPS) is 14.5. The summed E-state index contributed by atoms with van der Waals surface area (Å²) < 4.78 is 33.8. The van der Waals surface area contributed by atoms with Crippen LogP contribution in [0.15, 0.2) is 71.6 Å². The number of sulfonamides is 1. The zero-order chi connectivity index (χ0) is 24.1. The lowest BCUT2D eigenvalue weighted by molar-refractivity contribution is 0.0342. The van der Waals surface area contributed by atoms with E-state index in [9.17, 15) is 13.2 Å². The number of aryl methyl sites for hydroxylation is 2. The fourth-order valence-electron chi connectivity index (χ4n) is 3.81. The highest BCUT2D eigenvalue weighted by Crippen LogP contribution is 2.21. The molecule has 34 heavy (non-hydrogen) atoms. The van der Waals surface area contributed by atoms with Crippen LogP contribution in [0.4, 0.5) is 11.4 Å². The first-order valence-corrected chi connectivity index (χ1v) is 12.7. The summed E-state index contributed by atoms with van der Waals surface area (Å²) in [4.78, 5) is 15.4. The fourth-order valence-corrected chi connectivity index (χ4v) is 4.90. The zero-order valence-electron chi connectivity index (χ0n) is 19.4. The molecule has 0 unspecified atom stereocenters. The van der Waals surface area contributed by atoms with Crippen molar-refractivity contribution in [2.24, 2.45) is 0 Å². The van der Waals surface area contributed by atoms with Crippen LogP contribution in [-0.2, 0) is 21.3 Å². The van der Waals surface area contributed by atoms with E-state index < -0.39 is 10.0 Å². The molecule has 0 aliphatic carbocycles. The van der Waals surface area contributed by atoms with Crippen LogP contribution < -0.4 is 10.0 Å². The first-order valence-electron chi connectivity index (χ1n) is 11.2. The van der Waals surface area contributed by atoms with Gasteiger partial charge >= 0.3 is 0 Å². The SMILES string of the molecule is Cc1ccc(NS(=O)(=O)c2ccc(C)c(C(=O)Nc3cccc(CN4CCOCC4)c3)c2)cc1. The van der Waals surface area contributed by atoms with Gasteiger partial charge in [0.25, 0.3) is 15.9 Å².